The lowest BCUT2D eigenvalue weighted by molar-refractivity contribution is 0.319. The Morgan fingerprint density at radius 3 is 2.50 bits per heavy atom. The van der Waals surface area contributed by atoms with Crippen LogP contribution in [0, 0.1) is 0 Å². The average molecular weight is 279 g/mol. The fraction of sp³-hybridized carbons (Fsp3) is 0.625. The molecule has 0 spiro atoms. The van der Waals surface area contributed by atoms with Crippen molar-refractivity contribution in [3.8, 4) is 5.75 Å². The summed E-state index contributed by atoms with van der Waals surface area (Å²) in [5.74, 6) is 0.792. The highest BCUT2D eigenvalue weighted by Crippen LogP contribution is 2.29. The van der Waals surface area contributed by atoms with Crippen molar-refractivity contribution in [2.45, 2.75) is 33.2 Å². The van der Waals surface area contributed by atoms with Crippen molar-refractivity contribution in [1.29, 1.82) is 0 Å². The van der Waals surface area contributed by atoms with Crippen molar-refractivity contribution >= 4 is 11.4 Å². The van der Waals surface area contributed by atoms with Crippen LogP contribution in [-0.2, 0) is 0 Å². The Balaban J connectivity index is 2.91. The van der Waals surface area contributed by atoms with Crippen molar-refractivity contribution in [1.82, 2.24) is 4.90 Å². The third-order valence-electron chi connectivity index (χ3n) is 3.29. The summed E-state index contributed by atoms with van der Waals surface area (Å²) in [6.07, 6.45) is 0.984. The summed E-state index contributed by atoms with van der Waals surface area (Å²) in [5, 5.41) is 0. The summed E-state index contributed by atoms with van der Waals surface area (Å²) in [5.41, 5.74) is 7.85. The molecule has 1 atom stereocenters. The molecule has 4 heteroatoms. The van der Waals surface area contributed by atoms with E-state index in [1.165, 1.54) is 5.69 Å². The van der Waals surface area contributed by atoms with E-state index < -0.39 is 0 Å². The summed E-state index contributed by atoms with van der Waals surface area (Å²) in [6.45, 7) is 9.20. The largest absolute Gasteiger partial charge is 0.491 e. The van der Waals surface area contributed by atoms with Gasteiger partial charge in [0.05, 0.1) is 12.3 Å². The highest BCUT2D eigenvalue weighted by molar-refractivity contribution is 5.62. The Morgan fingerprint density at radius 1 is 1.25 bits per heavy atom. The van der Waals surface area contributed by atoms with E-state index in [0.29, 0.717) is 18.3 Å². The zero-order chi connectivity index (χ0) is 15.1. The molecule has 4 nitrogen and oxygen atoms in total. The van der Waals surface area contributed by atoms with Crippen molar-refractivity contribution in [2.24, 2.45) is 0 Å². The third kappa shape index (κ3) is 4.60. The first-order valence-corrected chi connectivity index (χ1v) is 7.43. The summed E-state index contributed by atoms with van der Waals surface area (Å²) in [4.78, 5) is 4.58. The number of nitrogens with two attached hydrogens (primary N) is 1. The van der Waals surface area contributed by atoms with Gasteiger partial charge in [-0.05, 0) is 46.5 Å². The van der Waals surface area contributed by atoms with Gasteiger partial charge in [0, 0.05) is 30.9 Å². The van der Waals surface area contributed by atoms with Crippen molar-refractivity contribution in [3.05, 3.63) is 18.2 Å². The van der Waals surface area contributed by atoms with Crippen LogP contribution in [0.2, 0.25) is 0 Å². The van der Waals surface area contributed by atoms with Gasteiger partial charge in [-0.2, -0.15) is 0 Å². The molecule has 0 aliphatic rings. The third-order valence-corrected chi connectivity index (χ3v) is 3.29. The van der Waals surface area contributed by atoms with Crippen LogP contribution in [0.5, 0.6) is 5.75 Å². The quantitative estimate of drug-likeness (QED) is 0.743. The van der Waals surface area contributed by atoms with E-state index in [-0.39, 0.29) is 0 Å². The molecular formula is C16H29N3O. The van der Waals surface area contributed by atoms with E-state index in [1.807, 2.05) is 6.07 Å². The molecule has 20 heavy (non-hydrogen) atoms. The SMILES string of the molecule is CCCOc1cc(N(CC)C(C)CN(C)C)ccc1N. The molecule has 0 radical (unpaired) electrons. The van der Waals surface area contributed by atoms with Gasteiger partial charge in [0.1, 0.15) is 5.75 Å². The molecule has 0 aliphatic heterocycles. The van der Waals surface area contributed by atoms with Crippen LogP contribution in [0.1, 0.15) is 27.2 Å². The zero-order valence-corrected chi connectivity index (χ0v) is 13.5. The fourth-order valence-corrected chi connectivity index (χ4v) is 2.41. The lowest BCUT2D eigenvalue weighted by Crippen LogP contribution is -2.40. The molecule has 0 fully saturated rings. The Bertz CT molecular complexity index is 407. The first kappa shape index (κ1) is 16.6. The number of hydrogen-bond donors (Lipinski definition) is 1. The van der Waals surface area contributed by atoms with Gasteiger partial charge in [0.2, 0.25) is 0 Å². The number of anilines is 2. The van der Waals surface area contributed by atoms with Crippen LogP contribution in [0.25, 0.3) is 0 Å². The number of likely N-dealkylation sites (N-methyl/N-ethyl adjacent to an activating group) is 2. The monoisotopic (exact) mass is 279 g/mol. The van der Waals surface area contributed by atoms with E-state index in [1.54, 1.807) is 0 Å². The van der Waals surface area contributed by atoms with Gasteiger partial charge in [-0.25, -0.2) is 0 Å². The van der Waals surface area contributed by atoms with Gasteiger partial charge in [-0.1, -0.05) is 6.92 Å². The fourth-order valence-electron chi connectivity index (χ4n) is 2.41. The molecular weight excluding hydrogens is 250 g/mol. The van der Waals surface area contributed by atoms with E-state index in [0.717, 1.165) is 25.3 Å². The van der Waals surface area contributed by atoms with E-state index in [4.69, 9.17) is 10.5 Å². The van der Waals surface area contributed by atoms with Crippen LogP contribution in [-0.4, -0.2) is 44.7 Å². The molecule has 0 saturated carbocycles. The number of rotatable bonds is 8. The lowest BCUT2D eigenvalue weighted by atomic mass is 10.2. The number of ether oxygens (including phenoxy) is 1. The zero-order valence-electron chi connectivity index (χ0n) is 13.5. The number of benzene rings is 1. The predicted octanol–water partition coefficient (Wildman–Crippen LogP) is 2.83. The summed E-state index contributed by atoms with van der Waals surface area (Å²) >= 11 is 0. The lowest BCUT2D eigenvalue weighted by Gasteiger charge is -2.32. The smallest absolute Gasteiger partial charge is 0.144 e. The summed E-state index contributed by atoms with van der Waals surface area (Å²) in [7, 11) is 4.20. The molecule has 0 heterocycles. The summed E-state index contributed by atoms with van der Waals surface area (Å²) < 4.78 is 5.72. The number of hydrogen-bond acceptors (Lipinski definition) is 4. The first-order valence-electron chi connectivity index (χ1n) is 7.43. The van der Waals surface area contributed by atoms with Crippen LogP contribution in [0.15, 0.2) is 18.2 Å². The maximum absolute atomic E-state index is 5.98. The van der Waals surface area contributed by atoms with E-state index in [9.17, 15) is 0 Å². The molecule has 0 bridgehead atoms. The highest BCUT2D eigenvalue weighted by atomic mass is 16.5. The molecule has 1 unspecified atom stereocenters. The van der Waals surface area contributed by atoms with E-state index in [2.05, 4.69) is 56.8 Å². The normalized spacial score (nSPS) is 12.5. The standard InChI is InChI=1S/C16H29N3O/c1-6-10-20-16-11-14(8-9-15(16)17)19(7-2)13(3)12-18(4)5/h8-9,11,13H,6-7,10,12,17H2,1-5H3. The maximum Gasteiger partial charge on any atom is 0.144 e. The predicted molar refractivity (Wildman–Crippen MR) is 87.7 cm³/mol. The molecule has 1 rings (SSSR count). The average Bonchev–Trinajstić information content (AvgIpc) is 2.39. The van der Waals surface area contributed by atoms with Gasteiger partial charge in [-0.3, -0.25) is 0 Å². The summed E-state index contributed by atoms with van der Waals surface area (Å²) in [6, 6.07) is 6.51. The Morgan fingerprint density at radius 2 is 1.95 bits per heavy atom. The Kier molecular flexibility index (Phi) is 6.65. The Labute approximate surface area is 123 Å². The van der Waals surface area contributed by atoms with Crippen LogP contribution in [0.3, 0.4) is 0 Å². The van der Waals surface area contributed by atoms with Crippen molar-refractivity contribution in [3.63, 3.8) is 0 Å². The molecule has 0 aromatic heterocycles. The minimum absolute atomic E-state index is 0.442. The minimum atomic E-state index is 0.442. The molecule has 0 aliphatic carbocycles. The highest BCUT2D eigenvalue weighted by Gasteiger charge is 2.15. The minimum Gasteiger partial charge on any atom is -0.491 e. The van der Waals surface area contributed by atoms with Gasteiger partial charge in [0.25, 0.3) is 0 Å². The van der Waals surface area contributed by atoms with Gasteiger partial charge in [0.15, 0.2) is 0 Å². The number of nitrogen functional groups attached to an aromatic ring is 1. The second-order valence-corrected chi connectivity index (χ2v) is 5.47. The topological polar surface area (TPSA) is 41.7 Å². The molecule has 1 aromatic rings. The van der Waals surface area contributed by atoms with Crippen LogP contribution >= 0.6 is 0 Å². The van der Waals surface area contributed by atoms with E-state index >= 15 is 0 Å². The van der Waals surface area contributed by atoms with Crippen molar-refractivity contribution < 1.29 is 4.74 Å². The van der Waals surface area contributed by atoms with Crippen molar-refractivity contribution in [2.75, 3.05) is 44.4 Å². The molecule has 2 N–H and O–H groups in total. The Hall–Kier alpha value is -1.42. The van der Waals surface area contributed by atoms with Crippen LogP contribution in [0.4, 0.5) is 11.4 Å². The molecule has 114 valence electrons. The number of nitrogens with zero attached hydrogens (tertiary/aromatic N) is 2. The second kappa shape index (κ2) is 8.00. The molecule has 0 saturated heterocycles. The second-order valence-electron chi connectivity index (χ2n) is 5.47. The molecule has 1 aromatic carbocycles. The first-order chi connectivity index (χ1) is 9.49. The van der Waals surface area contributed by atoms with Crippen LogP contribution < -0.4 is 15.4 Å². The van der Waals surface area contributed by atoms with Gasteiger partial charge >= 0.3 is 0 Å². The van der Waals surface area contributed by atoms with Gasteiger partial charge < -0.3 is 20.3 Å². The molecule has 0 amide bonds. The maximum atomic E-state index is 5.98. The van der Waals surface area contributed by atoms with Gasteiger partial charge in [-0.15, -0.1) is 0 Å².